The minimum Gasteiger partial charge on any atom is -0.351 e. The lowest BCUT2D eigenvalue weighted by molar-refractivity contribution is -0.120. The molecule has 2 aromatic heterocycles. The minimum atomic E-state index is -0.497. The lowest BCUT2D eigenvalue weighted by Gasteiger charge is -2.16. The van der Waals surface area contributed by atoms with Crippen LogP contribution in [0, 0.1) is 5.82 Å². The van der Waals surface area contributed by atoms with Crippen molar-refractivity contribution in [3.63, 3.8) is 0 Å². The fourth-order valence-corrected chi connectivity index (χ4v) is 4.13. The van der Waals surface area contributed by atoms with Crippen LogP contribution in [0.25, 0.3) is 10.9 Å². The molecule has 4 aromatic rings. The minimum absolute atomic E-state index is 0.166. The van der Waals surface area contributed by atoms with E-state index in [0.717, 1.165) is 11.1 Å². The van der Waals surface area contributed by atoms with Crippen LogP contribution in [0.2, 0.25) is 0 Å². The van der Waals surface area contributed by atoms with Gasteiger partial charge in [0.25, 0.3) is 5.56 Å². The lowest BCUT2D eigenvalue weighted by atomic mass is 10.2. The van der Waals surface area contributed by atoms with Gasteiger partial charge in [0.2, 0.25) is 5.91 Å². The molecular formula is C24H21FN4O2S. The lowest BCUT2D eigenvalue weighted by Crippen LogP contribution is -2.31. The summed E-state index contributed by atoms with van der Waals surface area (Å²) in [5.74, 6) is -0.521. The zero-order valence-corrected chi connectivity index (χ0v) is 18.2. The summed E-state index contributed by atoms with van der Waals surface area (Å²) in [6, 6.07) is 16.8. The number of fused-ring (bicyclic) bond motifs is 1. The molecule has 0 saturated carbocycles. The average Bonchev–Trinajstić information content (AvgIpc) is 2.81. The Bertz CT molecular complexity index is 1290. The molecule has 2 aromatic carbocycles. The number of halogens is 1. The molecule has 0 saturated heterocycles. The van der Waals surface area contributed by atoms with E-state index >= 15 is 0 Å². The molecule has 1 unspecified atom stereocenters. The van der Waals surface area contributed by atoms with Crippen LogP contribution in [0.4, 0.5) is 4.39 Å². The van der Waals surface area contributed by atoms with Crippen LogP contribution in [0.5, 0.6) is 0 Å². The number of aromatic nitrogens is 3. The van der Waals surface area contributed by atoms with Gasteiger partial charge < -0.3 is 5.32 Å². The summed E-state index contributed by atoms with van der Waals surface area (Å²) in [4.78, 5) is 34.7. The summed E-state index contributed by atoms with van der Waals surface area (Å²) in [6.45, 7) is 2.36. The van der Waals surface area contributed by atoms with E-state index in [1.807, 2.05) is 18.2 Å². The highest BCUT2D eigenvalue weighted by Gasteiger charge is 2.19. The molecule has 0 aliphatic heterocycles. The van der Waals surface area contributed by atoms with E-state index in [2.05, 4.69) is 15.3 Å². The van der Waals surface area contributed by atoms with E-state index in [4.69, 9.17) is 0 Å². The third-order valence-corrected chi connectivity index (χ3v) is 6.01. The first-order valence-electron chi connectivity index (χ1n) is 10.1. The van der Waals surface area contributed by atoms with Gasteiger partial charge in [-0.05, 0) is 48.4 Å². The Kier molecular flexibility index (Phi) is 6.61. The molecule has 0 spiro atoms. The van der Waals surface area contributed by atoms with Crippen LogP contribution < -0.4 is 10.9 Å². The van der Waals surface area contributed by atoms with Gasteiger partial charge in [-0.2, -0.15) is 0 Å². The van der Waals surface area contributed by atoms with Crippen molar-refractivity contribution in [3.8, 4) is 0 Å². The zero-order valence-electron chi connectivity index (χ0n) is 17.4. The molecule has 6 nitrogen and oxygen atoms in total. The second kappa shape index (κ2) is 9.74. The van der Waals surface area contributed by atoms with Gasteiger partial charge in [-0.3, -0.25) is 19.1 Å². The van der Waals surface area contributed by atoms with E-state index < -0.39 is 5.25 Å². The molecule has 1 N–H and O–H groups in total. The van der Waals surface area contributed by atoms with Crippen molar-refractivity contribution in [1.82, 2.24) is 19.9 Å². The Labute approximate surface area is 188 Å². The fraction of sp³-hybridized carbons (Fsp3) is 0.167. The van der Waals surface area contributed by atoms with Crippen LogP contribution in [0.1, 0.15) is 18.1 Å². The summed E-state index contributed by atoms with van der Waals surface area (Å²) >= 11 is 1.22. The van der Waals surface area contributed by atoms with E-state index in [0.29, 0.717) is 22.6 Å². The van der Waals surface area contributed by atoms with E-state index in [9.17, 15) is 14.0 Å². The van der Waals surface area contributed by atoms with Gasteiger partial charge in [0.1, 0.15) is 5.82 Å². The molecule has 32 heavy (non-hydrogen) atoms. The molecule has 162 valence electrons. The highest BCUT2D eigenvalue weighted by molar-refractivity contribution is 8.00. The summed E-state index contributed by atoms with van der Waals surface area (Å²) in [6.07, 6.45) is 3.38. The molecule has 0 fully saturated rings. The molecule has 4 rings (SSSR count). The number of nitrogens with zero attached hydrogens (tertiary/aromatic N) is 3. The van der Waals surface area contributed by atoms with Crippen molar-refractivity contribution in [2.24, 2.45) is 0 Å². The first-order valence-corrected chi connectivity index (χ1v) is 11.0. The third-order valence-electron chi connectivity index (χ3n) is 4.92. The predicted molar refractivity (Wildman–Crippen MR) is 123 cm³/mol. The molecular weight excluding hydrogens is 427 g/mol. The van der Waals surface area contributed by atoms with Crippen molar-refractivity contribution < 1.29 is 9.18 Å². The topological polar surface area (TPSA) is 76.9 Å². The SMILES string of the molecule is CC(Sc1nc2ccccc2c(=O)n1Cc1cccnc1)C(=O)NCc1ccc(F)cc1. The van der Waals surface area contributed by atoms with Crippen molar-refractivity contribution in [1.29, 1.82) is 0 Å². The Balaban J connectivity index is 1.57. The Hall–Kier alpha value is -3.52. The van der Waals surface area contributed by atoms with Crippen LogP contribution in [-0.2, 0) is 17.9 Å². The van der Waals surface area contributed by atoms with Crippen molar-refractivity contribution in [2.45, 2.75) is 30.4 Å². The number of hydrogen-bond acceptors (Lipinski definition) is 5. The maximum absolute atomic E-state index is 13.2. The number of carbonyl (C=O) groups is 1. The smallest absolute Gasteiger partial charge is 0.262 e. The Morgan fingerprint density at radius 3 is 2.62 bits per heavy atom. The number of hydrogen-bond donors (Lipinski definition) is 1. The van der Waals surface area contributed by atoms with Crippen molar-refractivity contribution in [3.05, 3.63) is 100 Å². The normalized spacial score (nSPS) is 11.9. The number of pyridine rings is 1. The van der Waals surface area contributed by atoms with Gasteiger partial charge in [-0.15, -0.1) is 0 Å². The third kappa shape index (κ3) is 5.03. The number of amides is 1. The van der Waals surface area contributed by atoms with Crippen LogP contribution in [0.3, 0.4) is 0 Å². The molecule has 1 amide bonds. The highest BCUT2D eigenvalue weighted by atomic mass is 32.2. The first kappa shape index (κ1) is 21.7. The zero-order chi connectivity index (χ0) is 22.5. The van der Waals surface area contributed by atoms with E-state index in [-0.39, 0.29) is 23.8 Å². The van der Waals surface area contributed by atoms with Crippen LogP contribution in [0.15, 0.2) is 83.0 Å². The number of nitrogens with one attached hydrogen (secondary N) is 1. The molecule has 1 atom stereocenters. The molecule has 8 heteroatoms. The van der Waals surface area contributed by atoms with Crippen molar-refractivity contribution in [2.75, 3.05) is 0 Å². The fourth-order valence-electron chi connectivity index (χ4n) is 3.20. The van der Waals surface area contributed by atoms with E-state index in [1.54, 1.807) is 54.2 Å². The number of benzene rings is 2. The first-order chi connectivity index (χ1) is 15.5. The largest absolute Gasteiger partial charge is 0.351 e. The van der Waals surface area contributed by atoms with Crippen LogP contribution in [-0.4, -0.2) is 25.7 Å². The predicted octanol–water partition coefficient (Wildman–Crippen LogP) is 3.78. The molecule has 0 aliphatic rings. The highest BCUT2D eigenvalue weighted by Crippen LogP contribution is 2.23. The van der Waals surface area contributed by atoms with Crippen molar-refractivity contribution >= 4 is 28.6 Å². The number of rotatable bonds is 7. The van der Waals surface area contributed by atoms with Gasteiger partial charge >= 0.3 is 0 Å². The standard InChI is InChI=1S/C24H21FN4O2S/c1-16(22(30)27-14-17-8-10-19(25)11-9-17)32-24-28-21-7-3-2-6-20(21)23(31)29(24)15-18-5-4-12-26-13-18/h2-13,16H,14-15H2,1H3,(H,27,30). The summed E-state index contributed by atoms with van der Waals surface area (Å²) < 4.78 is 14.6. The molecule has 2 heterocycles. The van der Waals surface area contributed by atoms with Gasteiger partial charge in [0.15, 0.2) is 5.16 Å². The van der Waals surface area contributed by atoms with Gasteiger partial charge in [0.05, 0.1) is 22.7 Å². The second-order valence-corrected chi connectivity index (χ2v) is 8.58. The maximum Gasteiger partial charge on any atom is 0.262 e. The van der Waals surface area contributed by atoms with Gasteiger partial charge in [-0.25, -0.2) is 9.37 Å². The molecule has 0 radical (unpaired) electrons. The number of thioether (sulfide) groups is 1. The van der Waals surface area contributed by atoms with Gasteiger partial charge in [-0.1, -0.05) is 42.1 Å². The summed E-state index contributed by atoms with van der Waals surface area (Å²) in [5, 5.41) is 3.34. The number of carbonyl (C=O) groups excluding carboxylic acids is 1. The summed E-state index contributed by atoms with van der Waals surface area (Å²) in [7, 11) is 0. The van der Waals surface area contributed by atoms with E-state index in [1.165, 1.54) is 23.9 Å². The van der Waals surface area contributed by atoms with Crippen LogP contribution >= 0.6 is 11.8 Å². The molecule has 0 aliphatic carbocycles. The quantitative estimate of drug-likeness (QED) is 0.344. The average molecular weight is 449 g/mol. The monoisotopic (exact) mass is 448 g/mol. The number of para-hydroxylation sites is 1. The molecule has 0 bridgehead atoms. The Morgan fingerprint density at radius 2 is 1.88 bits per heavy atom. The van der Waals surface area contributed by atoms with Gasteiger partial charge in [0, 0.05) is 18.9 Å². The second-order valence-electron chi connectivity index (χ2n) is 7.27. The maximum atomic E-state index is 13.2. The summed E-state index contributed by atoms with van der Waals surface area (Å²) in [5.41, 5.74) is 2.08. The Morgan fingerprint density at radius 1 is 1.09 bits per heavy atom.